The standard InChI is InChI=1S/C16H32N2/c1-4-15-10-17-16(12-18(15)11-13(2)3)14-8-6-5-7-9-14/h13-17H,4-12H2,1-3H3. The maximum Gasteiger partial charge on any atom is 0.0224 e. The van der Waals surface area contributed by atoms with Crippen LogP contribution in [0.5, 0.6) is 0 Å². The molecule has 2 unspecified atom stereocenters. The maximum atomic E-state index is 3.85. The Balaban J connectivity index is 1.90. The number of nitrogens with one attached hydrogen (secondary N) is 1. The van der Waals surface area contributed by atoms with Gasteiger partial charge in [-0.3, -0.25) is 4.90 Å². The third-order valence-electron chi connectivity index (χ3n) is 4.85. The van der Waals surface area contributed by atoms with Gasteiger partial charge in [-0.2, -0.15) is 0 Å². The summed E-state index contributed by atoms with van der Waals surface area (Å²) in [5.41, 5.74) is 0. The van der Waals surface area contributed by atoms with E-state index in [4.69, 9.17) is 0 Å². The second kappa shape index (κ2) is 6.91. The average Bonchev–Trinajstić information content (AvgIpc) is 2.39. The Labute approximate surface area is 114 Å². The normalized spacial score (nSPS) is 32.0. The molecule has 1 saturated heterocycles. The van der Waals surface area contributed by atoms with Gasteiger partial charge in [0.1, 0.15) is 0 Å². The lowest BCUT2D eigenvalue weighted by Crippen LogP contribution is -2.59. The summed E-state index contributed by atoms with van der Waals surface area (Å²) in [6.45, 7) is 10.8. The Kier molecular flexibility index (Phi) is 5.50. The van der Waals surface area contributed by atoms with Crippen LogP contribution >= 0.6 is 0 Å². The fourth-order valence-corrected chi connectivity index (χ4v) is 3.83. The van der Waals surface area contributed by atoms with Crippen LogP contribution in [0.25, 0.3) is 0 Å². The van der Waals surface area contributed by atoms with E-state index in [1.807, 2.05) is 0 Å². The van der Waals surface area contributed by atoms with E-state index in [9.17, 15) is 0 Å². The predicted molar refractivity (Wildman–Crippen MR) is 78.9 cm³/mol. The van der Waals surface area contributed by atoms with Gasteiger partial charge in [-0.05, 0) is 31.1 Å². The van der Waals surface area contributed by atoms with Crippen molar-refractivity contribution in [3.63, 3.8) is 0 Å². The van der Waals surface area contributed by atoms with Crippen LogP contribution in [0.15, 0.2) is 0 Å². The first-order valence-corrected chi connectivity index (χ1v) is 8.18. The molecule has 1 saturated carbocycles. The fraction of sp³-hybridized carbons (Fsp3) is 1.00. The summed E-state index contributed by atoms with van der Waals surface area (Å²) in [6, 6.07) is 1.54. The second-order valence-electron chi connectivity index (χ2n) is 6.82. The van der Waals surface area contributed by atoms with Crippen LogP contribution in [0.3, 0.4) is 0 Å². The minimum absolute atomic E-state index is 0.770. The number of hydrogen-bond donors (Lipinski definition) is 1. The summed E-state index contributed by atoms with van der Waals surface area (Å²) in [5, 5.41) is 3.85. The fourth-order valence-electron chi connectivity index (χ4n) is 3.83. The Bertz CT molecular complexity index is 233. The third-order valence-corrected chi connectivity index (χ3v) is 4.85. The molecular formula is C16H32N2. The number of piperazine rings is 1. The molecule has 1 aliphatic heterocycles. The number of nitrogens with zero attached hydrogens (tertiary/aromatic N) is 1. The molecule has 18 heavy (non-hydrogen) atoms. The zero-order chi connectivity index (χ0) is 13.0. The van der Waals surface area contributed by atoms with Crippen LogP contribution in [0.4, 0.5) is 0 Å². The maximum absolute atomic E-state index is 3.85. The molecule has 2 fully saturated rings. The van der Waals surface area contributed by atoms with Gasteiger partial charge in [0, 0.05) is 31.7 Å². The van der Waals surface area contributed by atoms with Gasteiger partial charge in [0.05, 0.1) is 0 Å². The molecule has 0 aromatic rings. The Morgan fingerprint density at radius 1 is 1.17 bits per heavy atom. The topological polar surface area (TPSA) is 15.3 Å². The van der Waals surface area contributed by atoms with Gasteiger partial charge in [-0.15, -0.1) is 0 Å². The monoisotopic (exact) mass is 252 g/mol. The molecule has 0 amide bonds. The SMILES string of the molecule is CCC1CNC(C2CCCCC2)CN1CC(C)C. The molecule has 2 atom stereocenters. The van der Waals surface area contributed by atoms with E-state index in [2.05, 4.69) is 31.0 Å². The summed E-state index contributed by atoms with van der Waals surface area (Å²) in [5.74, 6) is 1.75. The lowest BCUT2D eigenvalue weighted by atomic mass is 9.82. The van der Waals surface area contributed by atoms with Gasteiger partial charge in [0.25, 0.3) is 0 Å². The van der Waals surface area contributed by atoms with Crippen LogP contribution in [0, 0.1) is 11.8 Å². The summed E-state index contributed by atoms with van der Waals surface area (Å²) >= 11 is 0. The molecule has 0 aromatic heterocycles. The summed E-state index contributed by atoms with van der Waals surface area (Å²) < 4.78 is 0. The molecule has 0 radical (unpaired) electrons. The highest BCUT2D eigenvalue weighted by molar-refractivity contribution is 4.90. The van der Waals surface area contributed by atoms with Gasteiger partial charge < -0.3 is 5.32 Å². The van der Waals surface area contributed by atoms with Crippen molar-refractivity contribution in [3.8, 4) is 0 Å². The van der Waals surface area contributed by atoms with Gasteiger partial charge >= 0.3 is 0 Å². The van der Waals surface area contributed by atoms with Gasteiger partial charge in [0.15, 0.2) is 0 Å². The molecule has 1 N–H and O–H groups in total. The van der Waals surface area contributed by atoms with Gasteiger partial charge in [-0.25, -0.2) is 0 Å². The van der Waals surface area contributed by atoms with Gasteiger partial charge in [-0.1, -0.05) is 40.0 Å². The van der Waals surface area contributed by atoms with Crippen LogP contribution in [0.2, 0.25) is 0 Å². The van der Waals surface area contributed by atoms with Crippen molar-refractivity contribution in [1.82, 2.24) is 10.2 Å². The van der Waals surface area contributed by atoms with Crippen molar-refractivity contribution in [2.45, 2.75) is 71.4 Å². The molecule has 2 nitrogen and oxygen atoms in total. The first kappa shape index (κ1) is 14.3. The number of hydrogen-bond acceptors (Lipinski definition) is 2. The molecule has 0 aromatic carbocycles. The largest absolute Gasteiger partial charge is 0.311 e. The molecule has 2 rings (SSSR count). The molecule has 2 heteroatoms. The first-order valence-electron chi connectivity index (χ1n) is 8.18. The highest BCUT2D eigenvalue weighted by Gasteiger charge is 2.32. The summed E-state index contributed by atoms with van der Waals surface area (Å²) in [6.07, 6.45) is 8.61. The zero-order valence-electron chi connectivity index (χ0n) is 12.6. The first-order chi connectivity index (χ1) is 8.70. The van der Waals surface area contributed by atoms with Crippen LogP contribution in [-0.4, -0.2) is 36.6 Å². The van der Waals surface area contributed by atoms with Crippen LogP contribution < -0.4 is 5.32 Å². The van der Waals surface area contributed by atoms with Crippen molar-refractivity contribution in [3.05, 3.63) is 0 Å². The van der Waals surface area contributed by atoms with Crippen molar-refractivity contribution < 1.29 is 0 Å². The highest BCUT2D eigenvalue weighted by atomic mass is 15.2. The average molecular weight is 252 g/mol. The van der Waals surface area contributed by atoms with Crippen molar-refractivity contribution in [2.24, 2.45) is 11.8 Å². The van der Waals surface area contributed by atoms with Gasteiger partial charge in [0.2, 0.25) is 0 Å². The van der Waals surface area contributed by atoms with E-state index >= 15 is 0 Å². The molecule has 0 spiro atoms. The smallest absolute Gasteiger partial charge is 0.0224 e. The lowest BCUT2D eigenvalue weighted by Gasteiger charge is -2.44. The van der Waals surface area contributed by atoms with Crippen molar-refractivity contribution in [2.75, 3.05) is 19.6 Å². The van der Waals surface area contributed by atoms with Crippen LogP contribution in [-0.2, 0) is 0 Å². The molecular weight excluding hydrogens is 220 g/mol. The van der Waals surface area contributed by atoms with Crippen molar-refractivity contribution in [1.29, 1.82) is 0 Å². The van der Waals surface area contributed by atoms with Crippen LogP contribution in [0.1, 0.15) is 59.3 Å². The quantitative estimate of drug-likeness (QED) is 0.826. The molecule has 106 valence electrons. The lowest BCUT2D eigenvalue weighted by molar-refractivity contribution is 0.0834. The van der Waals surface area contributed by atoms with Crippen molar-refractivity contribution >= 4 is 0 Å². The van der Waals surface area contributed by atoms with E-state index in [0.29, 0.717) is 0 Å². The molecule has 1 aliphatic carbocycles. The minimum Gasteiger partial charge on any atom is -0.311 e. The van der Waals surface area contributed by atoms with E-state index < -0.39 is 0 Å². The Hall–Kier alpha value is -0.0800. The zero-order valence-corrected chi connectivity index (χ0v) is 12.6. The summed E-state index contributed by atoms with van der Waals surface area (Å²) in [7, 11) is 0. The minimum atomic E-state index is 0.770. The predicted octanol–water partition coefficient (Wildman–Crippen LogP) is 3.28. The Morgan fingerprint density at radius 3 is 2.50 bits per heavy atom. The van der Waals surface area contributed by atoms with E-state index in [-0.39, 0.29) is 0 Å². The second-order valence-corrected chi connectivity index (χ2v) is 6.82. The molecule has 1 heterocycles. The Morgan fingerprint density at radius 2 is 1.89 bits per heavy atom. The summed E-state index contributed by atoms with van der Waals surface area (Å²) in [4.78, 5) is 2.76. The van der Waals surface area contributed by atoms with E-state index in [1.165, 1.54) is 58.2 Å². The third kappa shape index (κ3) is 3.71. The number of rotatable bonds is 4. The van der Waals surface area contributed by atoms with E-state index in [0.717, 1.165) is 23.9 Å². The molecule has 0 bridgehead atoms. The molecule has 2 aliphatic rings. The highest BCUT2D eigenvalue weighted by Crippen LogP contribution is 2.28. The van der Waals surface area contributed by atoms with E-state index in [1.54, 1.807) is 0 Å².